The van der Waals surface area contributed by atoms with Gasteiger partial charge >= 0.3 is 0 Å². The van der Waals surface area contributed by atoms with Crippen LogP contribution in [0, 0.1) is 56.7 Å². The summed E-state index contributed by atoms with van der Waals surface area (Å²) in [7, 11) is 0. The molecule has 0 aliphatic heterocycles. The minimum atomic E-state index is -0.179. The van der Waals surface area contributed by atoms with E-state index < -0.39 is 0 Å². The second-order valence-electron chi connectivity index (χ2n) is 14.2. The topological polar surface area (TPSA) is 34.1 Å². The normalized spacial score (nSPS) is 54.1. The van der Waals surface area contributed by atoms with Gasteiger partial charge in [0, 0.05) is 17.3 Å². The summed E-state index contributed by atoms with van der Waals surface area (Å²) in [5.41, 5.74) is 1.87. The summed E-state index contributed by atoms with van der Waals surface area (Å²) in [6, 6.07) is 0. The third kappa shape index (κ3) is 2.54. The first-order chi connectivity index (χ1) is 14.9. The molecule has 0 bridgehead atoms. The van der Waals surface area contributed by atoms with Crippen molar-refractivity contribution < 1.29 is 9.59 Å². The number of hydrogen-bond acceptors (Lipinski definition) is 2. The fourth-order valence-corrected chi connectivity index (χ4v) is 11.2. The summed E-state index contributed by atoms with van der Waals surface area (Å²) in [5.74, 6) is 3.34. The average molecular weight is 439 g/mol. The molecule has 9 atom stereocenters. The first-order valence-electron chi connectivity index (χ1n) is 13.5. The predicted octanol–water partition coefficient (Wildman–Crippen LogP) is 7.41. The van der Waals surface area contributed by atoms with Gasteiger partial charge in [-0.1, -0.05) is 46.8 Å². The predicted molar refractivity (Wildman–Crippen MR) is 130 cm³/mol. The van der Waals surface area contributed by atoms with E-state index in [0.29, 0.717) is 40.8 Å². The number of carbonyl (C=O) groups excluding carboxylic acids is 2. The quantitative estimate of drug-likeness (QED) is 0.332. The Hall–Kier alpha value is -0.920. The molecule has 5 fully saturated rings. The third-order valence-electron chi connectivity index (χ3n) is 13.1. The van der Waals surface area contributed by atoms with Crippen LogP contribution in [0.2, 0.25) is 0 Å². The highest BCUT2D eigenvalue weighted by Crippen LogP contribution is 2.77. The van der Waals surface area contributed by atoms with E-state index in [4.69, 9.17) is 0 Å². The van der Waals surface area contributed by atoms with Gasteiger partial charge in [0.05, 0.1) is 0 Å². The van der Waals surface area contributed by atoms with Gasteiger partial charge in [-0.3, -0.25) is 4.79 Å². The number of ketones is 1. The number of aldehydes is 1. The minimum absolute atomic E-state index is 0.0999. The van der Waals surface area contributed by atoms with Gasteiger partial charge in [-0.2, -0.15) is 0 Å². The van der Waals surface area contributed by atoms with Crippen LogP contribution in [-0.4, -0.2) is 12.1 Å². The number of hydrogen-bond donors (Lipinski definition) is 0. The molecule has 0 heterocycles. The van der Waals surface area contributed by atoms with Crippen LogP contribution in [0.15, 0.2) is 12.2 Å². The van der Waals surface area contributed by atoms with E-state index in [9.17, 15) is 9.59 Å². The first kappa shape index (κ1) is 22.9. The highest BCUT2D eigenvalue weighted by Gasteiger charge is 2.70. The van der Waals surface area contributed by atoms with Crippen LogP contribution < -0.4 is 0 Å². The van der Waals surface area contributed by atoms with Crippen LogP contribution >= 0.6 is 0 Å². The highest BCUT2D eigenvalue weighted by atomic mass is 16.1. The molecule has 0 N–H and O–H groups in total. The van der Waals surface area contributed by atoms with Crippen molar-refractivity contribution in [2.45, 2.75) is 106 Å². The standard InChI is InChI=1S/C30H46O2/c1-19(2)20-10-15-30(18-31)17-16-28(6)21(25(20)30)8-9-23-27(5)13-12-24(32)26(3,4)22(27)11-14-29(23,28)7/h18,20-23,25H,1,8-17H2,2-7H3/t20-,21+,22-,23?,25+,27-,28+,29+,30?/m0/s1. The summed E-state index contributed by atoms with van der Waals surface area (Å²) in [6.07, 6.45) is 12.7. The summed E-state index contributed by atoms with van der Waals surface area (Å²) >= 11 is 0. The Labute approximate surface area is 196 Å². The SMILES string of the molecule is C=C(C)[C@@H]1CCC2(C=O)CC[C@]3(C)[C@H](CCC4[C@@]5(C)CCC(=O)C(C)(C)[C@@H]5CC[C@]43C)[C@@H]12. The van der Waals surface area contributed by atoms with E-state index in [-0.39, 0.29) is 21.7 Å². The zero-order valence-electron chi connectivity index (χ0n) is 21.6. The van der Waals surface area contributed by atoms with Gasteiger partial charge in [-0.25, -0.2) is 0 Å². The highest BCUT2D eigenvalue weighted by molar-refractivity contribution is 5.85. The molecule has 5 saturated carbocycles. The van der Waals surface area contributed by atoms with E-state index in [2.05, 4.69) is 48.1 Å². The molecule has 0 aromatic rings. The molecule has 5 aliphatic rings. The zero-order chi connectivity index (χ0) is 23.3. The van der Waals surface area contributed by atoms with Crippen molar-refractivity contribution in [2.24, 2.45) is 56.7 Å². The lowest BCUT2D eigenvalue weighted by molar-refractivity contribution is -0.231. The summed E-state index contributed by atoms with van der Waals surface area (Å²) in [5, 5.41) is 0. The van der Waals surface area contributed by atoms with Crippen molar-refractivity contribution in [1.29, 1.82) is 0 Å². The second-order valence-corrected chi connectivity index (χ2v) is 14.2. The van der Waals surface area contributed by atoms with Gasteiger partial charge in [0.25, 0.3) is 0 Å². The van der Waals surface area contributed by atoms with Crippen molar-refractivity contribution >= 4 is 12.1 Å². The number of Topliss-reactive ketones (excluding diaryl/α,β-unsaturated/α-hetero) is 1. The monoisotopic (exact) mass is 438 g/mol. The number of rotatable bonds is 2. The van der Waals surface area contributed by atoms with Gasteiger partial charge in [-0.05, 0) is 111 Å². The van der Waals surface area contributed by atoms with Gasteiger partial charge in [-0.15, -0.1) is 0 Å². The Balaban J connectivity index is 1.56. The van der Waals surface area contributed by atoms with Crippen LogP contribution in [0.25, 0.3) is 0 Å². The Morgan fingerprint density at radius 3 is 2.25 bits per heavy atom. The molecule has 178 valence electrons. The van der Waals surface area contributed by atoms with Crippen LogP contribution in [0.3, 0.4) is 0 Å². The molecule has 0 amide bonds. The molecule has 5 rings (SSSR count). The van der Waals surface area contributed by atoms with Crippen LogP contribution in [0.4, 0.5) is 0 Å². The average Bonchev–Trinajstić information content (AvgIpc) is 3.12. The van der Waals surface area contributed by atoms with Crippen molar-refractivity contribution in [1.82, 2.24) is 0 Å². The van der Waals surface area contributed by atoms with E-state index in [1.165, 1.54) is 44.0 Å². The van der Waals surface area contributed by atoms with Gasteiger partial charge in [0.1, 0.15) is 12.1 Å². The first-order valence-corrected chi connectivity index (χ1v) is 13.5. The molecule has 0 spiro atoms. The van der Waals surface area contributed by atoms with E-state index >= 15 is 0 Å². The van der Waals surface area contributed by atoms with E-state index in [1.54, 1.807) is 0 Å². The third-order valence-corrected chi connectivity index (χ3v) is 13.1. The summed E-state index contributed by atoms with van der Waals surface area (Å²) in [4.78, 5) is 25.4. The van der Waals surface area contributed by atoms with Crippen molar-refractivity contribution in [2.75, 3.05) is 0 Å². The summed E-state index contributed by atoms with van der Waals surface area (Å²) < 4.78 is 0. The fourth-order valence-electron chi connectivity index (χ4n) is 11.2. The molecule has 0 radical (unpaired) electrons. The fraction of sp³-hybridized carbons (Fsp3) is 0.867. The number of allylic oxidation sites excluding steroid dienone is 1. The Morgan fingerprint density at radius 2 is 1.59 bits per heavy atom. The number of carbonyl (C=O) groups is 2. The smallest absolute Gasteiger partial charge is 0.138 e. The molecule has 0 aromatic heterocycles. The number of fused-ring (bicyclic) bond motifs is 7. The molecule has 0 saturated heterocycles. The Morgan fingerprint density at radius 1 is 0.875 bits per heavy atom. The van der Waals surface area contributed by atoms with Crippen molar-refractivity contribution in [3.63, 3.8) is 0 Å². The largest absolute Gasteiger partial charge is 0.303 e. The van der Waals surface area contributed by atoms with Crippen LogP contribution in [0.1, 0.15) is 106 Å². The molecular weight excluding hydrogens is 392 g/mol. The van der Waals surface area contributed by atoms with Gasteiger partial charge < -0.3 is 4.79 Å². The summed E-state index contributed by atoms with van der Waals surface area (Å²) in [6.45, 7) is 18.9. The molecule has 2 unspecified atom stereocenters. The molecule has 32 heavy (non-hydrogen) atoms. The molecule has 2 nitrogen and oxygen atoms in total. The minimum Gasteiger partial charge on any atom is -0.303 e. The van der Waals surface area contributed by atoms with Gasteiger partial charge in [0.2, 0.25) is 0 Å². The maximum Gasteiger partial charge on any atom is 0.138 e. The maximum atomic E-state index is 12.9. The second kappa shape index (κ2) is 6.82. The molecular formula is C30H46O2. The van der Waals surface area contributed by atoms with Crippen LogP contribution in [0.5, 0.6) is 0 Å². The van der Waals surface area contributed by atoms with Crippen LogP contribution in [-0.2, 0) is 9.59 Å². The Bertz CT molecular complexity index is 855. The molecule has 5 aliphatic carbocycles. The Kier molecular flexibility index (Phi) is 4.87. The maximum absolute atomic E-state index is 12.9. The lowest BCUT2D eigenvalue weighted by Gasteiger charge is -2.72. The molecule has 2 heteroatoms. The van der Waals surface area contributed by atoms with E-state index in [1.807, 2.05) is 0 Å². The van der Waals surface area contributed by atoms with Gasteiger partial charge in [0.15, 0.2) is 0 Å². The zero-order valence-corrected chi connectivity index (χ0v) is 21.6. The molecule has 0 aromatic carbocycles. The lowest BCUT2D eigenvalue weighted by Crippen LogP contribution is -2.66. The van der Waals surface area contributed by atoms with Crippen molar-refractivity contribution in [3.8, 4) is 0 Å². The van der Waals surface area contributed by atoms with Crippen molar-refractivity contribution in [3.05, 3.63) is 12.2 Å². The van der Waals surface area contributed by atoms with E-state index in [0.717, 1.165) is 32.1 Å². The lowest BCUT2D eigenvalue weighted by atomic mass is 9.32.